The average molecular weight is 380 g/mol. The number of ether oxygens (including phenoxy) is 1. The number of amides is 2. The summed E-state index contributed by atoms with van der Waals surface area (Å²) in [6, 6.07) is 16.9. The van der Waals surface area contributed by atoms with Crippen LogP contribution in [0.2, 0.25) is 0 Å². The number of rotatable bonds is 7. The van der Waals surface area contributed by atoms with E-state index in [1.54, 1.807) is 0 Å². The van der Waals surface area contributed by atoms with E-state index in [9.17, 15) is 9.59 Å². The Balaban J connectivity index is 1.64. The van der Waals surface area contributed by atoms with Crippen molar-refractivity contribution in [2.75, 3.05) is 5.32 Å². The summed E-state index contributed by atoms with van der Waals surface area (Å²) in [7, 11) is 0. The van der Waals surface area contributed by atoms with Crippen molar-refractivity contribution < 1.29 is 14.3 Å². The molecule has 0 heterocycles. The van der Waals surface area contributed by atoms with Crippen molar-refractivity contribution in [3.05, 3.63) is 54.6 Å². The summed E-state index contributed by atoms with van der Waals surface area (Å²) in [6.45, 7) is 3.86. The Bertz CT molecular complexity index is 794. The van der Waals surface area contributed by atoms with E-state index in [0.29, 0.717) is 11.4 Å². The predicted molar refractivity (Wildman–Crippen MR) is 110 cm³/mol. The van der Waals surface area contributed by atoms with Crippen molar-refractivity contribution in [2.45, 2.75) is 52.0 Å². The largest absolute Gasteiger partial charge is 0.457 e. The zero-order chi connectivity index (χ0) is 20.0. The summed E-state index contributed by atoms with van der Waals surface area (Å²) in [5.74, 6) is 1.34. The molecule has 1 saturated carbocycles. The number of nitrogens with one attached hydrogen (secondary N) is 2. The Kier molecular flexibility index (Phi) is 6.34. The van der Waals surface area contributed by atoms with Crippen molar-refractivity contribution in [1.29, 1.82) is 0 Å². The lowest BCUT2D eigenvalue weighted by molar-refractivity contribution is -0.132. The first-order valence-electron chi connectivity index (χ1n) is 9.91. The molecule has 28 heavy (non-hydrogen) atoms. The molecule has 0 spiro atoms. The molecule has 5 nitrogen and oxygen atoms in total. The fraction of sp³-hybridized carbons (Fsp3) is 0.391. The molecule has 148 valence electrons. The van der Waals surface area contributed by atoms with E-state index in [2.05, 4.69) is 10.6 Å². The quantitative estimate of drug-likeness (QED) is 0.718. The van der Waals surface area contributed by atoms with Crippen LogP contribution in [-0.4, -0.2) is 17.9 Å². The molecule has 0 unspecified atom stereocenters. The van der Waals surface area contributed by atoms with Crippen LogP contribution in [0.25, 0.3) is 0 Å². The summed E-state index contributed by atoms with van der Waals surface area (Å²) >= 11 is 0. The van der Waals surface area contributed by atoms with E-state index in [0.717, 1.165) is 31.4 Å². The molecule has 1 fully saturated rings. The minimum atomic E-state index is -0.613. The molecule has 0 atom stereocenters. The maximum absolute atomic E-state index is 13.0. The maximum Gasteiger partial charge on any atom is 0.231 e. The second-order valence-electron chi connectivity index (χ2n) is 7.78. The molecule has 0 bridgehead atoms. The van der Waals surface area contributed by atoms with Crippen LogP contribution in [0.4, 0.5) is 5.69 Å². The molecule has 0 radical (unpaired) electrons. The maximum atomic E-state index is 13.0. The van der Waals surface area contributed by atoms with Crippen LogP contribution in [-0.2, 0) is 9.59 Å². The van der Waals surface area contributed by atoms with Crippen LogP contribution in [0.3, 0.4) is 0 Å². The number of carbonyl (C=O) groups excluding carboxylic acids is 2. The molecular weight excluding hydrogens is 352 g/mol. The highest BCUT2D eigenvalue weighted by molar-refractivity contribution is 5.98. The Morgan fingerprint density at radius 1 is 0.964 bits per heavy atom. The Labute approximate surface area is 166 Å². The third-order valence-electron chi connectivity index (χ3n) is 5.08. The third-order valence-corrected chi connectivity index (χ3v) is 5.08. The number of para-hydroxylation sites is 1. The van der Waals surface area contributed by atoms with Gasteiger partial charge in [0.1, 0.15) is 11.5 Å². The van der Waals surface area contributed by atoms with Gasteiger partial charge in [-0.25, -0.2) is 0 Å². The topological polar surface area (TPSA) is 67.4 Å². The number of benzene rings is 2. The molecule has 2 aromatic rings. The van der Waals surface area contributed by atoms with Gasteiger partial charge in [-0.05, 0) is 63.1 Å². The van der Waals surface area contributed by atoms with Crippen LogP contribution in [0.1, 0.15) is 46.0 Å². The second-order valence-corrected chi connectivity index (χ2v) is 7.78. The second kappa shape index (κ2) is 8.91. The summed E-state index contributed by atoms with van der Waals surface area (Å²) in [6.07, 6.45) is 3.70. The Morgan fingerprint density at radius 2 is 1.57 bits per heavy atom. The molecule has 1 aliphatic rings. The predicted octanol–water partition coefficient (Wildman–Crippen LogP) is 4.89. The van der Waals surface area contributed by atoms with Gasteiger partial charge in [-0.15, -0.1) is 0 Å². The lowest BCUT2D eigenvalue weighted by Gasteiger charge is -2.27. The van der Waals surface area contributed by atoms with E-state index in [4.69, 9.17) is 4.74 Å². The number of hydrogen-bond acceptors (Lipinski definition) is 3. The minimum Gasteiger partial charge on any atom is -0.457 e. The summed E-state index contributed by atoms with van der Waals surface area (Å²) in [5, 5.41) is 5.91. The van der Waals surface area contributed by atoms with Crippen LogP contribution < -0.4 is 15.4 Å². The first-order valence-corrected chi connectivity index (χ1v) is 9.91. The third kappa shape index (κ3) is 5.12. The molecule has 2 N–H and O–H groups in total. The van der Waals surface area contributed by atoms with Gasteiger partial charge >= 0.3 is 0 Å². The fourth-order valence-corrected chi connectivity index (χ4v) is 3.71. The van der Waals surface area contributed by atoms with Crippen molar-refractivity contribution in [3.8, 4) is 11.5 Å². The highest BCUT2D eigenvalue weighted by Gasteiger charge is 2.42. The summed E-state index contributed by atoms with van der Waals surface area (Å²) in [4.78, 5) is 25.3. The molecule has 2 aromatic carbocycles. The average Bonchev–Trinajstić information content (AvgIpc) is 3.13. The molecule has 0 aliphatic heterocycles. The van der Waals surface area contributed by atoms with Gasteiger partial charge in [-0.2, -0.15) is 0 Å². The van der Waals surface area contributed by atoms with Gasteiger partial charge in [-0.3, -0.25) is 9.59 Å². The normalized spacial score (nSPS) is 15.2. The number of carbonyl (C=O) groups is 2. The molecular formula is C23H28N2O3. The highest BCUT2D eigenvalue weighted by atomic mass is 16.5. The van der Waals surface area contributed by atoms with Crippen LogP contribution in [0, 0.1) is 5.41 Å². The zero-order valence-corrected chi connectivity index (χ0v) is 16.5. The first-order chi connectivity index (χ1) is 13.5. The Morgan fingerprint density at radius 3 is 2.18 bits per heavy atom. The van der Waals surface area contributed by atoms with Crippen molar-refractivity contribution in [3.63, 3.8) is 0 Å². The van der Waals surface area contributed by atoms with Crippen LogP contribution in [0.15, 0.2) is 54.6 Å². The van der Waals surface area contributed by atoms with E-state index in [1.165, 1.54) is 0 Å². The molecule has 1 aliphatic carbocycles. The molecule has 0 aromatic heterocycles. The minimum absolute atomic E-state index is 0.0568. The van der Waals surface area contributed by atoms with Crippen molar-refractivity contribution >= 4 is 17.5 Å². The van der Waals surface area contributed by atoms with Crippen molar-refractivity contribution in [2.24, 2.45) is 5.41 Å². The van der Waals surface area contributed by atoms with Gasteiger partial charge in [0.15, 0.2) is 0 Å². The fourth-order valence-electron chi connectivity index (χ4n) is 3.71. The first kappa shape index (κ1) is 19.9. The van der Waals surface area contributed by atoms with E-state index < -0.39 is 5.41 Å². The smallest absolute Gasteiger partial charge is 0.231 e. The monoisotopic (exact) mass is 380 g/mol. The number of anilines is 1. The Hall–Kier alpha value is -2.82. The summed E-state index contributed by atoms with van der Waals surface area (Å²) in [5.41, 5.74) is 0.0963. The van der Waals surface area contributed by atoms with Crippen LogP contribution in [0.5, 0.6) is 11.5 Å². The SMILES string of the molecule is CC(C)NC(=O)CC1(C(=O)Nc2ccc(Oc3ccccc3)cc2)CCCC1. The number of hydrogen-bond donors (Lipinski definition) is 2. The van der Waals surface area contributed by atoms with Gasteiger partial charge in [0.25, 0.3) is 0 Å². The van der Waals surface area contributed by atoms with Crippen molar-refractivity contribution in [1.82, 2.24) is 5.32 Å². The van der Waals surface area contributed by atoms with E-state index in [1.807, 2.05) is 68.4 Å². The molecule has 5 heteroatoms. The van der Waals surface area contributed by atoms with Gasteiger partial charge in [0.05, 0.1) is 5.41 Å². The van der Waals surface area contributed by atoms with Gasteiger partial charge in [0.2, 0.25) is 11.8 Å². The van der Waals surface area contributed by atoms with Crippen LogP contribution >= 0.6 is 0 Å². The highest BCUT2D eigenvalue weighted by Crippen LogP contribution is 2.42. The standard InChI is InChI=1S/C23H28N2O3/c1-17(2)24-21(26)16-23(14-6-7-15-23)22(27)25-18-10-12-20(13-11-18)28-19-8-4-3-5-9-19/h3-5,8-13,17H,6-7,14-16H2,1-2H3,(H,24,26)(H,25,27). The van der Waals surface area contributed by atoms with Gasteiger partial charge in [0, 0.05) is 18.2 Å². The lowest BCUT2D eigenvalue weighted by Crippen LogP contribution is -2.40. The zero-order valence-electron chi connectivity index (χ0n) is 16.5. The molecule has 2 amide bonds. The molecule has 0 saturated heterocycles. The van der Waals surface area contributed by atoms with E-state index >= 15 is 0 Å². The lowest BCUT2D eigenvalue weighted by atomic mass is 9.81. The molecule has 3 rings (SSSR count). The van der Waals surface area contributed by atoms with E-state index in [-0.39, 0.29) is 24.3 Å². The van der Waals surface area contributed by atoms with Gasteiger partial charge < -0.3 is 15.4 Å². The van der Waals surface area contributed by atoms with Gasteiger partial charge in [-0.1, -0.05) is 31.0 Å². The summed E-state index contributed by atoms with van der Waals surface area (Å²) < 4.78 is 5.78.